The number of ketones is 2. The van der Waals surface area contributed by atoms with Gasteiger partial charge < -0.3 is 26.4 Å². The summed E-state index contributed by atoms with van der Waals surface area (Å²) in [7, 11) is 0. The van der Waals surface area contributed by atoms with Crippen LogP contribution in [0.3, 0.4) is 0 Å². The standard InChI is InChI=1S/C21H14N2O6/c22-10-5-7-13(24)17-15(10)19(26)18-14(25)8-6-12(16(18)20(17)27)23-11-4-2-1-3-9(11)21(28)29/h1-8,23-25H,22H2,(H,28,29). The number of carboxylic acids is 1. The maximum atomic E-state index is 13.2. The number of phenolic OH excluding ortho intramolecular Hbond substituents is 2. The molecule has 0 unspecified atom stereocenters. The number of nitrogens with one attached hydrogen (secondary N) is 1. The van der Waals surface area contributed by atoms with E-state index >= 15 is 0 Å². The summed E-state index contributed by atoms with van der Waals surface area (Å²) >= 11 is 0. The average molecular weight is 390 g/mol. The molecule has 3 aromatic rings. The van der Waals surface area contributed by atoms with Gasteiger partial charge in [0.25, 0.3) is 0 Å². The van der Waals surface area contributed by atoms with Crippen molar-refractivity contribution in [2.75, 3.05) is 11.1 Å². The second-order valence-electron chi connectivity index (χ2n) is 6.44. The molecule has 0 heterocycles. The van der Waals surface area contributed by atoms with Gasteiger partial charge in [0.05, 0.1) is 39.2 Å². The Morgan fingerprint density at radius 1 is 0.759 bits per heavy atom. The third-order valence-electron chi connectivity index (χ3n) is 4.73. The van der Waals surface area contributed by atoms with Gasteiger partial charge in [-0.2, -0.15) is 0 Å². The molecule has 6 N–H and O–H groups in total. The van der Waals surface area contributed by atoms with Crippen molar-refractivity contribution in [3.05, 3.63) is 76.3 Å². The number of nitrogens with two attached hydrogens (primary N) is 1. The Morgan fingerprint density at radius 2 is 1.34 bits per heavy atom. The van der Waals surface area contributed by atoms with Gasteiger partial charge in [0, 0.05) is 5.69 Å². The number of aromatic hydroxyl groups is 2. The summed E-state index contributed by atoms with van der Waals surface area (Å²) in [5, 5.41) is 32.7. The quantitative estimate of drug-likeness (QED) is 0.265. The number of para-hydroxylation sites is 1. The number of carboxylic acid groups (broad SMARTS) is 1. The third kappa shape index (κ3) is 2.66. The summed E-state index contributed by atoms with van der Waals surface area (Å²) in [6.45, 7) is 0. The zero-order valence-electron chi connectivity index (χ0n) is 14.8. The minimum absolute atomic E-state index is 0.00390. The number of anilines is 3. The lowest BCUT2D eigenvalue weighted by Gasteiger charge is -2.23. The van der Waals surface area contributed by atoms with Crippen molar-refractivity contribution in [3.8, 4) is 11.5 Å². The van der Waals surface area contributed by atoms with E-state index in [4.69, 9.17) is 5.73 Å². The summed E-state index contributed by atoms with van der Waals surface area (Å²) in [5.74, 6) is -3.46. The van der Waals surface area contributed by atoms with Crippen LogP contribution in [0.4, 0.5) is 17.1 Å². The van der Waals surface area contributed by atoms with E-state index in [1.807, 2.05) is 0 Å². The molecule has 0 amide bonds. The van der Waals surface area contributed by atoms with Gasteiger partial charge in [-0.1, -0.05) is 12.1 Å². The number of phenols is 2. The molecule has 0 aromatic heterocycles. The Labute approximate surface area is 163 Å². The molecule has 0 saturated carbocycles. The number of rotatable bonds is 3. The second kappa shape index (κ2) is 6.38. The molecule has 4 rings (SSSR count). The topological polar surface area (TPSA) is 150 Å². The number of nitrogen functional groups attached to an aromatic ring is 1. The Kier molecular flexibility index (Phi) is 3.97. The molecule has 0 atom stereocenters. The second-order valence-corrected chi connectivity index (χ2v) is 6.44. The van der Waals surface area contributed by atoms with E-state index in [0.29, 0.717) is 0 Å². The van der Waals surface area contributed by atoms with Crippen LogP contribution in [0.2, 0.25) is 0 Å². The molecule has 144 valence electrons. The predicted octanol–water partition coefficient (Wildman–Crippen LogP) is 2.90. The summed E-state index contributed by atoms with van der Waals surface area (Å²) in [4.78, 5) is 37.6. The van der Waals surface area contributed by atoms with E-state index in [9.17, 15) is 29.7 Å². The zero-order valence-corrected chi connectivity index (χ0v) is 14.8. The normalized spacial score (nSPS) is 12.3. The lowest BCUT2D eigenvalue weighted by molar-refractivity contribution is 0.0697. The molecule has 0 radical (unpaired) electrons. The van der Waals surface area contributed by atoms with Crippen LogP contribution in [0.1, 0.15) is 42.2 Å². The maximum Gasteiger partial charge on any atom is 0.337 e. The molecule has 8 heteroatoms. The van der Waals surface area contributed by atoms with Crippen LogP contribution >= 0.6 is 0 Å². The van der Waals surface area contributed by atoms with Crippen LogP contribution in [0, 0.1) is 0 Å². The number of hydrogen-bond donors (Lipinski definition) is 5. The Balaban J connectivity index is 1.95. The third-order valence-corrected chi connectivity index (χ3v) is 4.73. The van der Waals surface area contributed by atoms with E-state index in [-0.39, 0.29) is 44.9 Å². The molecule has 29 heavy (non-hydrogen) atoms. The van der Waals surface area contributed by atoms with Crippen molar-refractivity contribution in [1.82, 2.24) is 0 Å². The minimum Gasteiger partial charge on any atom is -0.507 e. The molecule has 1 aliphatic rings. The lowest BCUT2D eigenvalue weighted by Crippen LogP contribution is -2.24. The summed E-state index contributed by atoms with van der Waals surface area (Å²) in [5.41, 5.74) is 5.20. The molecule has 3 aromatic carbocycles. The van der Waals surface area contributed by atoms with Crippen LogP contribution in [0.25, 0.3) is 0 Å². The fourth-order valence-electron chi connectivity index (χ4n) is 3.42. The average Bonchev–Trinajstić information content (AvgIpc) is 2.69. The maximum absolute atomic E-state index is 13.2. The molecule has 0 spiro atoms. The first kappa shape index (κ1) is 18.1. The van der Waals surface area contributed by atoms with E-state index in [2.05, 4.69) is 5.32 Å². The first-order valence-corrected chi connectivity index (χ1v) is 8.47. The molecule has 0 aliphatic heterocycles. The van der Waals surface area contributed by atoms with E-state index in [1.165, 1.54) is 36.4 Å². The van der Waals surface area contributed by atoms with Crippen molar-refractivity contribution < 1.29 is 29.7 Å². The molecular formula is C21H14N2O6. The van der Waals surface area contributed by atoms with Crippen LogP contribution < -0.4 is 11.1 Å². The SMILES string of the molecule is Nc1ccc(O)c2c1C(=O)c1c(O)ccc(Nc3ccccc3C(=O)O)c1C2=O. The van der Waals surface area contributed by atoms with Crippen LogP contribution in [0.15, 0.2) is 48.5 Å². The van der Waals surface area contributed by atoms with Gasteiger partial charge in [-0.15, -0.1) is 0 Å². The Morgan fingerprint density at radius 3 is 2.03 bits per heavy atom. The van der Waals surface area contributed by atoms with E-state index in [0.717, 1.165) is 0 Å². The molecule has 0 fully saturated rings. The largest absolute Gasteiger partial charge is 0.507 e. The number of carbonyl (C=O) groups excluding carboxylic acids is 2. The number of benzene rings is 3. The molecule has 1 aliphatic carbocycles. The van der Waals surface area contributed by atoms with Crippen LogP contribution in [0.5, 0.6) is 11.5 Å². The molecule has 0 saturated heterocycles. The van der Waals surface area contributed by atoms with Crippen molar-refractivity contribution in [1.29, 1.82) is 0 Å². The van der Waals surface area contributed by atoms with Crippen molar-refractivity contribution in [2.45, 2.75) is 0 Å². The van der Waals surface area contributed by atoms with Gasteiger partial charge in [-0.25, -0.2) is 4.79 Å². The highest BCUT2D eigenvalue weighted by Crippen LogP contribution is 2.42. The Hall–Kier alpha value is -4.33. The number of fused-ring (bicyclic) bond motifs is 2. The monoisotopic (exact) mass is 390 g/mol. The van der Waals surface area contributed by atoms with Crippen LogP contribution in [-0.2, 0) is 0 Å². The van der Waals surface area contributed by atoms with Gasteiger partial charge in [0.1, 0.15) is 11.5 Å². The van der Waals surface area contributed by atoms with E-state index < -0.39 is 29.0 Å². The minimum atomic E-state index is -1.18. The highest BCUT2D eigenvalue weighted by atomic mass is 16.4. The molecule has 0 bridgehead atoms. The van der Waals surface area contributed by atoms with Gasteiger partial charge >= 0.3 is 5.97 Å². The van der Waals surface area contributed by atoms with Crippen molar-refractivity contribution in [2.24, 2.45) is 0 Å². The lowest BCUT2D eigenvalue weighted by atomic mass is 9.81. The Bertz CT molecular complexity index is 1230. The first-order chi connectivity index (χ1) is 13.8. The fourth-order valence-corrected chi connectivity index (χ4v) is 3.42. The predicted molar refractivity (Wildman–Crippen MR) is 104 cm³/mol. The van der Waals surface area contributed by atoms with Crippen molar-refractivity contribution >= 4 is 34.6 Å². The van der Waals surface area contributed by atoms with Crippen molar-refractivity contribution in [3.63, 3.8) is 0 Å². The molecular weight excluding hydrogens is 376 g/mol. The highest BCUT2D eigenvalue weighted by molar-refractivity contribution is 6.33. The number of carbonyl (C=O) groups is 3. The van der Waals surface area contributed by atoms with Crippen LogP contribution in [-0.4, -0.2) is 32.9 Å². The smallest absolute Gasteiger partial charge is 0.337 e. The van der Waals surface area contributed by atoms with Gasteiger partial charge in [-0.3, -0.25) is 9.59 Å². The zero-order chi connectivity index (χ0) is 20.9. The van der Waals surface area contributed by atoms with Gasteiger partial charge in [-0.05, 0) is 36.4 Å². The molecule has 8 nitrogen and oxygen atoms in total. The first-order valence-electron chi connectivity index (χ1n) is 8.47. The van der Waals surface area contributed by atoms with Gasteiger partial charge in [0.2, 0.25) is 11.6 Å². The summed E-state index contributed by atoms with van der Waals surface area (Å²) in [6, 6.07) is 11.1. The number of aromatic carboxylic acids is 1. The van der Waals surface area contributed by atoms with Gasteiger partial charge in [0.15, 0.2) is 0 Å². The van der Waals surface area contributed by atoms with E-state index in [1.54, 1.807) is 12.1 Å². The summed E-state index contributed by atoms with van der Waals surface area (Å²) in [6.07, 6.45) is 0. The highest BCUT2D eigenvalue weighted by Gasteiger charge is 2.37. The fraction of sp³-hybridized carbons (Fsp3) is 0. The summed E-state index contributed by atoms with van der Waals surface area (Å²) < 4.78 is 0. The number of hydrogen-bond acceptors (Lipinski definition) is 7.